The number of hydrogen-bond donors (Lipinski definition) is 1. The van der Waals surface area contributed by atoms with Crippen LogP contribution in [0.4, 0.5) is 4.39 Å². The van der Waals surface area contributed by atoms with E-state index in [1.807, 2.05) is 18.5 Å². The quantitative estimate of drug-likeness (QED) is 0.907. The summed E-state index contributed by atoms with van der Waals surface area (Å²) in [7, 11) is 1.84. The molecule has 0 aliphatic heterocycles. The summed E-state index contributed by atoms with van der Waals surface area (Å²) in [6.45, 7) is 0.680. The third kappa shape index (κ3) is 2.81. The van der Waals surface area contributed by atoms with Gasteiger partial charge in [0.05, 0.1) is 4.90 Å². The second-order valence-corrected chi connectivity index (χ2v) is 5.38. The number of benzene rings is 1. The predicted molar refractivity (Wildman–Crippen MR) is 65.4 cm³/mol. The van der Waals surface area contributed by atoms with Crippen LogP contribution in [0.2, 0.25) is 0 Å². The van der Waals surface area contributed by atoms with E-state index >= 15 is 0 Å². The molecule has 16 heavy (non-hydrogen) atoms. The fourth-order valence-electron chi connectivity index (χ4n) is 1.30. The highest BCUT2D eigenvalue weighted by molar-refractivity contribution is 8.01. The summed E-state index contributed by atoms with van der Waals surface area (Å²) in [6, 6.07) is 5.29. The average molecular weight is 254 g/mol. The Hall–Kier alpha value is -0.910. The van der Waals surface area contributed by atoms with Gasteiger partial charge in [-0.15, -0.1) is 11.3 Å². The average Bonchev–Trinajstić information content (AvgIpc) is 2.75. The third-order valence-electron chi connectivity index (χ3n) is 1.98. The number of halogens is 1. The molecule has 5 heteroatoms. The minimum absolute atomic E-state index is 0.187. The van der Waals surface area contributed by atoms with Gasteiger partial charge in [-0.25, -0.2) is 9.37 Å². The van der Waals surface area contributed by atoms with Gasteiger partial charge in [-0.05, 0) is 24.7 Å². The van der Waals surface area contributed by atoms with Crippen molar-refractivity contribution >= 4 is 23.1 Å². The molecular weight excluding hydrogens is 243 g/mol. The lowest BCUT2D eigenvalue weighted by Crippen LogP contribution is -2.05. The molecule has 0 bridgehead atoms. The Balaban J connectivity index is 2.16. The molecule has 2 nitrogen and oxygen atoms in total. The van der Waals surface area contributed by atoms with Gasteiger partial charge < -0.3 is 5.32 Å². The Labute approximate surface area is 102 Å². The second-order valence-electron chi connectivity index (χ2n) is 3.20. The van der Waals surface area contributed by atoms with Crippen molar-refractivity contribution in [2.75, 3.05) is 7.05 Å². The maximum atomic E-state index is 13.7. The Morgan fingerprint density at radius 1 is 1.50 bits per heavy atom. The molecule has 0 aliphatic carbocycles. The standard InChI is InChI=1S/C11H11FN2S2/c1-13-7-8-2-3-10(9(12)6-8)16-11-14-4-5-15-11/h2-6,13H,7H2,1H3. The fraction of sp³-hybridized carbons (Fsp3) is 0.182. The van der Waals surface area contributed by atoms with Crippen LogP contribution in [0.25, 0.3) is 0 Å². The highest BCUT2D eigenvalue weighted by Crippen LogP contribution is 2.31. The second kappa shape index (κ2) is 5.43. The lowest BCUT2D eigenvalue weighted by Gasteiger charge is -2.04. The van der Waals surface area contributed by atoms with Crippen molar-refractivity contribution in [3.63, 3.8) is 0 Å². The molecule has 0 unspecified atom stereocenters. The van der Waals surface area contributed by atoms with E-state index in [0.29, 0.717) is 11.4 Å². The summed E-state index contributed by atoms with van der Waals surface area (Å²) in [5.74, 6) is -0.187. The Kier molecular flexibility index (Phi) is 3.93. The van der Waals surface area contributed by atoms with Crippen LogP contribution < -0.4 is 5.32 Å². The maximum Gasteiger partial charge on any atom is 0.154 e. The van der Waals surface area contributed by atoms with Gasteiger partial charge in [0.15, 0.2) is 4.34 Å². The smallest absolute Gasteiger partial charge is 0.154 e. The summed E-state index contributed by atoms with van der Waals surface area (Å²) in [4.78, 5) is 4.73. The largest absolute Gasteiger partial charge is 0.316 e. The zero-order valence-corrected chi connectivity index (χ0v) is 10.4. The molecule has 1 aromatic carbocycles. The molecule has 0 aliphatic rings. The monoisotopic (exact) mass is 254 g/mol. The van der Waals surface area contributed by atoms with Crippen molar-refractivity contribution in [2.24, 2.45) is 0 Å². The zero-order chi connectivity index (χ0) is 11.4. The number of nitrogens with zero attached hydrogens (tertiary/aromatic N) is 1. The summed E-state index contributed by atoms with van der Waals surface area (Å²) in [5, 5.41) is 4.88. The van der Waals surface area contributed by atoms with Gasteiger partial charge in [0.1, 0.15) is 5.82 Å². The van der Waals surface area contributed by atoms with Crippen molar-refractivity contribution in [2.45, 2.75) is 15.8 Å². The van der Waals surface area contributed by atoms with Crippen LogP contribution in [-0.2, 0) is 6.54 Å². The van der Waals surface area contributed by atoms with E-state index in [0.717, 1.165) is 9.90 Å². The first-order valence-corrected chi connectivity index (χ1v) is 6.49. The SMILES string of the molecule is CNCc1ccc(Sc2nccs2)c(F)c1. The summed E-state index contributed by atoms with van der Waals surface area (Å²) in [5.41, 5.74) is 0.948. The van der Waals surface area contributed by atoms with Crippen molar-refractivity contribution in [3.05, 3.63) is 41.2 Å². The first-order chi connectivity index (χ1) is 7.79. The van der Waals surface area contributed by atoms with Crippen LogP contribution in [0, 0.1) is 5.82 Å². The van der Waals surface area contributed by atoms with E-state index in [9.17, 15) is 4.39 Å². The molecule has 0 atom stereocenters. The number of nitrogens with one attached hydrogen (secondary N) is 1. The Bertz CT molecular complexity index is 457. The van der Waals surface area contributed by atoms with Crippen molar-refractivity contribution in [3.8, 4) is 0 Å². The van der Waals surface area contributed by atoms with Crippen LogP contribution in [0.5, 0.6) is 0 Å². The number of rotatable bonds is 4. The molecule has 1 N–H and O–H groups in total. The summed E-state index contributed by atoms with van der Waals surface area (Å²) in [6.07, 6.45) is 1.72. The van der Waals surface area contributed by atoms with Crippen LogP contribution in [0.1, 0.15) is 5.56 Å². The molecule has 0 fully saturated rings. The number of hydrogen-bond acceptors (Lipinski definition) is 4. The Morgan fingerprint density at radius 2 is 2.38 bits per heavy atom. The Morgan fingerprint density at radius 3 is 3.00 bits per heavy atom. The van der Waals surface area contributed by atoms with Gasteiger partial charge in [0.25, 0.3) is 0 Å². The maximum absolute atomic E-state index is 13.7. The molecule has 84 valence electrons. The molecular formula is C11H11FN2S2. The van der Waals surface area contributed by atoms with E-state index in [4.69, 9.17) is 0 Å². The summed E-state index contributed by atoms with van der Waals surface area (Å²) < 4.78 is 14.6. The molecule has 0 radical (unpaired) electrons. The molecule has 0 saturated heterocycles. The van der Waals surface area contributed by atoms with Gasteiger partial charge in [0, 0.05) is 18.1 Å². The number of aromatic nitrogens is 1. The molecule has 0 spiro atoms. The van der Waals surface area contributed by atoms with Crippen LogP contribution >= 0.6 is 23.1 Å². The van der Waals surface area contributed by atoms with Gasteiger partial charge >= 0.3 is 0 Å². The topological polar surface area (TPSA) is 24.9 Å². The van der Waals surface area contributed by atoms with E-state index in [1.165, 1.54) is 23.1 Å². The first kappa shape index (κ1) is 11.6. The lowest BCUT2D eigenvalue weighted by molar-refractivity contribution is 0.598. The van der Waals surface area contributed by atoms with Crippen molar-refractivity contribution in [1.82, 2.24) is 10.3 Å². The van der Waals surface area contributed by atoms with Gasteiger partial charge in [-0.1, -0.05) is 17.8 Å². The highest BCUT2D eigenvalue weighted by Gasteiger charge is 2.06. The first-order valence-electron chi connectivity index (χ1n) is 4.80. The molecule has 2 rings (SSSR count). The normalized spacial score (nSPS) is 10.6. The van der Waals surface area contributed by atoms with E-state index in [-0.39, 0.29) is 5.82 Å². The molecule has 0 saturated carbocycles. The van der Waals surface area contributed by atoms with Crippen LogP contribution in [0.15, 0.2) is 39.0 Å². The van der Waals surface area contributed by atoms with Crippen molar-refractivity contribution in [1.29, 1.82) is 0 Å². The third-order valence-corrected chi connectivity index (χ3v) is 3.92. The molecule has 1 heterocycles. The van der Waals surface area contributed by atoms with Gasteiger partial charge in [0.2, 0.25) is 0 Å². The van der Waals surface area contributed by atoms with Crippen molar-refractivity contribution < 1.29 is 4.39 Å². The summed E-state index contributed by atoms with van der Waals surface area (Å²) >= 11 is 2.87. The molecule has 0 amide bonds. The van der Waals surface area contributed by atoms with E-state index in [1.54, 1.807) is 18.3 Å². The van der Waals surface area contributed by atoms with E-state index in [2.05, 4.69) is 10.3 Å². The zero-order valence-electron chi connectivity index (χ0n) is 8.74. The fourth-order valence-corrected chi connectivity index (χ4v) is 2.88. The number of thiazole rings is 1. The molecule has 1 aromatic heterocycles. The van der Waals surface area contributed by atoms with Crippen LogP contribution in [-0.4, -0.2) is 12.0 Å². The minimum atomic E-state index is -0.187. The predicted octanol–water partition coefficient (Wildman–Crippen LogP) is 3.15. The van der Waals surface area contributed by atoms with Gasteiger partial charge in [-0.3, -0.25) is 0 Å². The van der Waals surface area contributed by atoms with E-state index < -0.39 is 0 Å². The lowest BCUT2D eigenvalue weighted by atomic mass is 10.2. The highest BCUT2D eigenvalue weighted by atomic mass is 32.2. The van der Waals surface area contributed by atoms with Crippen LogP contribution in [0.3, 0.4) is 0 Å². The minimum Gasteiger partial charge on any atom is -0.316 e. The van der Waals surface area contributed by atoms with Gasteiger partial charge in [-0.2, -0.15) is 0 Å². The molecule has 2 aromatic rings.